The van der Waals surface area contributed by atoms with Gasteiger partial charge in [-0.25, -0.2) is 4.98 Å². The van der Waals surface area contributed by atoms with Crippen LogP contribution in [0.25, 0.3) is 11.3 Å². The predicted octanol–water partition coefficient (Wildman–Crippen LogP) is 3.55. The van der Waals surface area contributed by atoms with Gasteiger partial charge in [-0.15, -0.1) is 0 Å². The number of piperazine rings is 1. The first-order chi connectivity index (χ1) is 18.2. The number of pyridine rings is 2. The molecule has 0 bridgehead atoms. The summed E-state index contributed by atoms with van der Waals surface area (Å²) in [6, 6.07) is 11.9. The number of hydrogen-bond donors (Lipinski definition) is 4. The molecule has 9 heteroatoms. The molecule has 38 heavy (non-hydrogen) atoms. The number of aromatic nitrogens is 2. The summed E-state index contributed by atoms with van der Waals surface area (Å²) in [4.78, 5) is 38.1. The highest BCUT2D eigenvalue weighted by Crippen LogP contribution is 2.28. The Labute approximate surface area is 223 Å². The van der Waals surface area contributed by atoms with Crippen LogP contribution in [0.4, 0.5) is 11.5 Å². The van der Waals surface area contributed by atoms with Crippen molar-refractivity contribution in [1.82, 2.24) is 20.2 Å². The van der Waals surface area contributed by atoms with E-state index in [1.807, 2.05) is 45.9 Å². The van der Waals surface area contributed by atoms with E-state index in [1.165, 1.54) is 0 Å². The number of carbonyl (C=O) groups is 1. The van der Waals surface area contributed by atoms with E-state index in [9.17, 15) is 9.59 Å². The minimum Gasteiger partial charge on any atom is -0.369 e. The highest BCUT2D eigenvalue weighted by molar-refractivity contribution is 6.05. The van der Waals surface area contributed by atoms with Crippen molar-refractivity contribution in [1.29, 1.82) is 5.41 Å². The van der Waals surface area contributed by atoms with Gasteiger partial charge in [0.1, 0.15) is 5.82 Å². The standard InChI is InChI=1S/C29H37N7O2/c1-18(2)32-27-24(16-30)23(28(37)31-17-25-19(3)14-20(4)33-29(25)38)15-26(34-27)21-6-8-22(9-7-21)36-12-10-35(5)11-13-36/h6-9,14-16,18,30H,10-13,17H2,1-5H3,(H,31,37)(H,32,34)(H,33,38). The summed E-state index contributed by atoms with van der Waals surface area (Å²) < 4.78 is 0. The Morgan fingerprint density at radius 2 is 1.82 bits per heavy atom. The van der Waals surface area contributed by atoms with Gasteiger partial charge in [0.05, 0.1) is 11.3 Å². The molecule has 4 rings (SSSR count). The summed E-state index contributed by atoms with van der Waals surface area (Å²) in [7, 11) is 2.14. The van der Waals surface area contributed by atoms with E-state index in [4.69, 9.17) is 10.4 Å². The second kappa shape index (κ2) is 11.6. The second-order valence-electron chi connectivity index (χ2n) is 10.2. The van der Waals surface area contributed by atoms with Crippen molar-refractivity contribution < 1.29 is 4.79 Å². The number of rotatable bonds is 8. The molecule has 3 aromatic rings. The lowest BCUT2D eigenvalue weighted by Gasteiger charge is -2.34. The zero-order chi connectivity index (χ0) is 27.4. The third-order valence-electron chi connectivity index (χ3n) is 6.82. The minimum absolute atomic E-state index is 0.0562. The van der Waals surface area contributed by atoms with E-state index in [1.54, 1.807) is 6.07 Å². The van der Waals surface area contributed by atoms with Crippen LogP contribution in [-0.4, -0.2) is 66.3 Å². The maximum Gasteiger partial charge on any atom is 0.253 e. The predicted molar refractivity (Wildman–Crippen MR) is 154 cm³/mol. The summed E-state index contributed by atoms with van der Waals surface area (Å²) >= 11 is 0. The van der Waals surface area contributed by atoms with Crippen molar-refractivity contribution in [2.45, 2.75) is 40.3 Å². The highest BCUT2D eigenvalue weighted by Gasteiger charge is 2.20. The van der Waals surface area contributed by atoms with Crippen molar-refractivity contribution in [3.05, 3.63) is 74.7 Å². The van der Waals surface area contributed by atoms with Crippen molar-refractivity contribution in [3.63, 3.8) is 0 Å². The van der Waals surface area contributed by atoms with Crippen LogP contribution in [0.5, 0.6) is 0 Å². The Morgan fingerprint density at radius 1 is 1.13 bits per heavy atom. The number of aromatic amines is 1. The van der Waals surface area contributed by atoms with E-state index in [-0.39, 0.29) is 24.1 Å². The summed E-state index contributed by atoms with van der Waals surface area (Å²) in [5, 5.41) is 14.2. The third kappa shape index (κ3) is 6.11. The van der Waals surface area contributed by atoms with Gasteiger partial charge in [-0.05, 0) is 64.6 Å². The molecule has 1 aliphatic heterocycles. The number of likely N-dealkylation sites (N-methyl/N-ethyl adjacent to an activating group) is 1. The summed E-state index contributed by atoms with van der Waals surface area (Å²) in [5.41, 5.74) is 5.30. The van der Waals surface area contributed by atoms with Gasteiger partial charge in [-0.1, -0.05) is 12.1 Å². The lowest BCUT2D eigenvalue weighted by Crippen LogP contribution is -2.44. The Morgan fingerprint density at radius 3 is 2.42 bits per heavy atom. The Bertz CT molecular complexity index is 1370. The third-order valence-corrected chi connectivity index (χ3v) is 6.82. The first-order valence-corrected chi connectivity index (χ1v) is 13.0. The van der Waals surface area contributed by atoms with Gasteiger partial charge in [-0.3, -0.25) is 9.59 Å². The number of hydrogen-bond acceptors (Lipinski definition) is 7. The number of benzene rings is 1. The number of amides is 1. The van der Waals surface area contributed by atoms with Crippen LogP contribution in [0.15, 0.2) is 41.2 Å². The fourth-order valence-electron chi connectivity index (χ4n) is 4.69. The molecule has 0 saturated carbocycles. The minimum atomic E-state index is -0.368. The zero-order valence-corrected chi connectivity index (χ0v) is 22.8. The number of anilines is 2. The molecule has 2 aromatic heterocycles. The van der Waals surface area contributed by atoms with Crippen molar-refractivity contribution in [3.8, 4) is 11.3 Å². The molecule has 0 spiro atoms. The van der Waals surface area contributed by atoms with Crippen molar-refractivity contribution in [2.24, 2.45) is 0 Å². The van der Waals surface area contributed by atoms with Crippen LogP contribution >= 0.6 is 0 Å². The first kappa shape index (κ1) is 27.1. The van der Waals surface area contributed by atoms with E-state index in [0.29, 0.717) is 28.2 Å². The highest BCUT2D eigenvalue weighted by atomic mass is 16.1. The summed E-state index contributed by atoms with van der Waals surface area (Å²) in [6.07, 6.45) is 1.15. The fraction of sp³-hybridized carbons (Fsp3) is 0.379. The molecule has 1 fully saturated rings. The Balaban J connectivity index is 1.65. The molecule has 0 aliphatic carbocycles. The molecule has 0 unspecified atom stereocenters. The van der Waals surface area contributed by atoms with Crippen molar-refractivity contribution >= 4 is 23.6 Å². The number of H-pyrrole nitrogens is 1. The second-order valence-corrected chi connectivity index (χ2v) is 10.2. The van der Waals surface area contributed by atoms with E-state index < -0.39 is 0 Å². The number of nitrogens with one attached hydrogen (secondary N) is 4. The topological polar surface area (TPSA) is 117 Å². The largest absolute Gasteiger partial charge is 0.369 e. The summed E-state index contributed by atoms with van der Waals surface area (Å²) in [5.74, 6) is 0.109. The average Bonchev–Trinajstić information content (AvgIpc) is 2.87. The Hall–Kier alpha value is -3.98. The van der Waals surface area contributed by atoms with Crippen LogP contribution in [0.2, 0.25) is 0 Å². The molecule has 1 amide bonds. The quantitative estimate of drug-likeness (QED) is 0.341. The van der Waals surface area contributed by atoms with Crippen LogP contribution < -0.4 is 21.1 Å². The summed E-state index contributed by atoms with van der Waals surface area (Å²) in [6.45, 7) is 11.8. The van der Waals surface area contributed by atoms with Gasteiger partial charge in [0, 0.05) is 73.1 Å². The average molecular weight is 516 g/mol. The lowest BCUT2D eigenvalue weighted by molar-refractivity contribution is 0.0950. The molecule has 3 heterocycles. The molecule has 1 saturated heterocycles. The van der Waals surface area contributed by atoms with Gasteiger partial charge in [0.25, 0.3) is 11.5 Å². The molecule has 1 aromatic carbocycles. The van der Waals surface area contributed by atoms with Crippen LogP contribution in [0.1, 0.15) is 46.6 Å². The molecule has 200 valence electrons. The van der Waals surface area contributed by atoms with Crippen molar-refractivity contribution in [2.75, 3.05) is 43.4 Å². The maximum absolute atomic E-state index is 13.4. The lowest BCUT2D eigenvalue weighted by atomic mass is 10.0. The SMILES string of the molecule is Cc1cc(C)c(CNC(=O)c2cc(-c3ccc(N4CCN(C)CC4)cc3)nc(NC(C)C)c2C=N)c(=O)[nH]1. The monoisotopic (exact) mass is 515 g/mol. The van der Waals surface area contributed by atoms with Crippen LogP contribution in [0, 0.1) is 19.3 Å². The van der Waals surface area contributed by atoms with Crippen LogP contribution in [0.3, 0.4) is 0 Å². The first-order valence-electron chi connectivity index (χ1n) is 13.0. The van der Waals surface area contributed by atoms with Gasteiger partial charge in [-0.2, -0.15) is 0 Å². The van der Waals surface area contributed by atoms with Gasteiger partial charge in [0.15, 0.2) is 0 Å². The van der Waals surface area contributed by atoms with E-state index >= 15 is 0 Å². The maximum atomic E-state index is 13.4. The normalized spacial score (nSPS) is 14.0. The molecule has 0 atom stereocenters. The van der Waals surface area contributed by atoms with E-state index in [0.717, 1.165) is 54.9 Å². The number of carbonyl (C=O) groups excluding carboxylic acids is 1. The van der Waals surface area contributed by atoms with Gasteiger partial charge in [0.2, 0.25) is 0 Å². The van der Waals surface area contributed by atoms with Gasteiger partial charge >= 0.3 is 0 Å². The number of nitrogens with zero attached hydrogens (tertiary/aromatic N) is 3. The molecule has 9 nitrogen and oxygen atoms in total. The smallest absolute Gasteiger partial charge is 0.253 e. The fourth-order valence-corrected chi connectivity index (χ4v) is 4.69. The molecule has 4 N–H and O–H groups in total. The molecular formula is C29H37N7O2. The van der Waals surface area contributed by atoms with E-state index in [2.05, 4.69) is 44.6 Å². The molecule has 1 aliphatic rings. The Kier molecular flexibility index (Phi) is 8.26. The molecular weight excluding hydrogens is 478 g/mol. The van der Waals surface area contributed by atoms with Crippen LogP contribution in [-0.2, 0) is 6.54 Å². The molecule has 0 radical (unpaired) electrons. The zero-order valence-electron chi connectivity index (χ0n) is 22.8. The number of aryl methyl sites for hydroxylation is 2. The van der Waals surface area contributed by atoms with Gasteiger partial charge < -0.3 is 30.8 Å².